The first-order chi connectivity index (χ1) is 14.7. The summed E-state index contributed by atoms with van der Waals surface area (Å²) in [6.45, 7) is 5.29. The molecule has 3 N–H and O–H groups in total. The Labute approximate surface area is 184 Å². The van der Waals surface area contributed by atoms with E-state index in [2.05, 4.69) is 15.4 Å². The molecule has 0 radical (unpaired) electrons. The fraction of sp³-hybridized carbons (Fsp3) is 0.435. The van der Waals surface area contributed by atoms with E-state index in [1.54, 1.807) is 32.9 Å². The number of carbonyl (C=O) groups excluding carboxylic acids is 1. The van der Waals surface area contributed by atoms with Gasteiger partial charge >= 0.3 is 0 Å². The smallest absolute Gasteiger partial charge is 0.246 e. The summed E-state index contributed by atoms with van der Waals surface area (Å²) in [6, 6.07) is 13.1. The number of carbonyl (C=O) groups is 1. The van der Waals surface area contributed by atoms with Crippen molar-refractivity contribution >= 4 is 27.3 Å². The number of hydrogen-bond donors (Lipinski definition) is 3. The van der Waals surface area contributed by atoms with Crippen molar-refractivity contribution in [2.24, 2.45) is 0 Å². The molecule has 31 heavy (non-hydrogen) atoms. The molecule has 1 saturated carbocycles. The van der Waals surface area contributed by atoms with Crippen molar-refractivity contribution < 1.29 is 17.9 Å². The molecule has 8 heteroatoms. The minimum atomic E-state index is -3.56. The summed E-state index contributed by atoms with van der Waals surface area (Å²) in [7, 11) is -3.56. The molecule has 168 valence electrons. The van der Waals surface area contributed by atoms with Crippen LogP contribution in [0, 0.1) is 0 Å². The molecule has 1 atom stereocenters. The highest BCUT2D eigenvalue weighted by molar-refractivity contribution is 7.89. The summed E-state index contributed by atoms with van der Waals surface area (Å²) < 4.78 is 33.0. The maximum atomic E-state index is 12.6. The van der Waals surface area contributed by atoms with Crippen molar-refractivity contribution in [1.29, 1.82) is 0 Å². The van der Waals surface area contributed by atoms with Crippen LogP contribution in [-0.2, 0) is 14.8 Å². The lowest BCUT2D eigenvalue weighted by Gasteiger charge is -2.18. The molecule has 0 spiro atoms. The number of sulfonamides is 1. The molecule has 0 saturated heterocycles. The molecule has 1 fully saturated rings. The molecular formula is C23H31N3O4S. The molecule has 0 aliphatic heterocycles. The quantitative estimate of drug-likeness (QED) is 0.539. The summed E-state index contributed by atoms with van der Waals surface area (Å²) in [5.41, 5.74) is 1.33. The number of rotatable bonds is 9. The van der Waals surface area contributed by atoms with Crippen LogP contribution in [-0.4, -0.2) is 32.5 Å². The third-order valence-corrected chi connectivity index (χ3v) is 6.71. The van der Waals surface area contributed by atoms with Gasteiger partial charge in [-0.05, 0) is 82.9 Å². The Hall–Kier alpha value is -2.58. The maximum Gasteiger partial charge on any atom is 0.246 e. The Kier molecular flexibility index (Phi) is 7.56. The summed E-state index contributed by atoms with van der Waals surface area (Å²) in [5, 5.41) is 5.99. The SMILES string of the molecule is CC(C)NS(=O)(=O)c1ccc(NC(=O)C(C)Nc2cccc(OC3CCCC3)c2)cc1. The van der Waals surface area contributed by atoms with Crippen molar-refractivity contribution in [1.82, 2.24) is 4.72 Å². The zero-order chi connectivity index (χ0) is 22.4. The second-order valence-corrected chi connectivity index (χ2v) is 9.92. The number of ether oxygens (including phenoxy) is 1. The monoisotopic (exact) mass is 445 g/mol. The predicted molar refractivity (Wildman–Crippen MR) is 123 cm³/mol. The Morgan fingerprint density at radius 2 is 1.68 bits per heavy atom. The van der Waals surface area contributed by atoms with Crippen molar-refractivity contribution in [3.63, 3.8) is 0 Å². The van der Waals surface area contributed by atoms with E-state index in [-0.39, 0.29) is 22.9 Å². The number of anilines is 2. The average molecular weight is 446 g/mol. The zero-order valence-corrected chi connectivity index (χ0v) is 19.0. The topological polar surface area (TPSA) is 96.5 Å². The fourth-order valence-electron chi connectivity index (χ4n) is 3.52. The molecule has 2 aromatic rings. The summed E-state index contributed by atoms with van der Waals surface area (Å²) in [6.07, 6.45) is 4.87. The summed E-state index contributed by atoms with van der Waals surface area (Å²) in [4.78, 5) is 12.7. The lowest BCUT2D eigenvalue weighted by molar-refractivity contribution is -0.116. The third-order valence-electron chi connectivity index (χ3n) is 5.04. The molecule has 7 nitrogen and oxygen atoms in total. The van der Waals surface area contributed by atoms with E-state index < -0.39 is 16.1 Å². The van der Waals surface area contributed by atoms with Crippen LogP contribution in [0.3, 0.4) is 0 Å². The highest BCUT2D eigenvalue weighted by Gasteiger charge is 2.18. The van der Waals surface area contributed by atoms with E-state index in [4.69, 9.17) is 4.74 Å². The lowest BCUT2D eigenvalue weighted by Crippen LogP contribution is -2.32. The first kappa shape index (κ1) is 23.1. The third kappa shape index (κ3) is 6.70. The molecule has 0 aromatic heterocycles. The second kappa shape index (κ2) is 10.2. The minimum absolute atomic E-state index is 0.157. The van der Waals surface area contributed by atoms with Crippen LogP contribution < -0.4 is 20.1 Å². The number of nitrogens with one attached hydrogen (secondary N) is 3. The van der Waals surface area contributed by atoms with Crippen LogP contribution in [0.1, 0.15) is 46.5 Å². The van der Waals surface area contributed by atoms with Crippen LogP contribution in [0.15, 0.2) is 53.4 Å². The van der Waals surface area contributed by atoms with E-state index in [1.807, 2.05) is 24.3 Å². The maximum absolute atomic E-state index is 12.6. The van der Waals surface area contributed by atoms with Gasteiger partial charge in [0.05, 0.1) is 11.0 Å². The van der Waals surface area contributed by atoms with Crippen molar-refractivity contribution in [2.45, 2.75) is 69.5 Å². The number of hydrogen-bond acceptors (Lipinski definition) is 5. The number of benzene rings is 2. The van der Waals surface area contributed by atoms with E-state index in [0.717, 1.165) is 24.3 Å². The molecule has 1 unspecified atom stereocenters. The zero-order valence-electron chi connectivity index (χ0n) is 18.2. The average Bonchev–Trinajstić information content (AvgIpc) is 3.20. The largest absolute Gasteiger partial charge is 0.490 e. The summed E-state index contributed by atoms with van der Waals surface area (Å²) in [5.74, 6) is 0.578. The van der Waals surface area contributed by atoms with Gasteiger partial charge < -0.3 is 15.4 Å². The van der Waals surface area contributed by atoms with Crippen molar-refractivity contribution in [2.75, 3.05) is 10.6 Å². The molecule has 3 rings (SSSR count). The molecule has 0 bridgehead atoms. The Morgan fingerprint density at radius 3 is 2.32 bits per heavy atom. The molecule has 1 aliphatic rings. The van der Waals surface area contributed by atoms with Gasteiger partial charge in [0.15, 0.2) is 0 Å². The van der Waals surface area contributed by atoms with Crippen LogP contribution in [0.25, 0.3) is 0 Å². The Bertz CT molecular complexity index is 984. The molecule has 1 amide bonds. The van der Waals surface area contributed by atoms with Gasteiger partial charge in [-0.25, -0.2) is 13.1 Å². The first-order valence-corrected chi connectivity index (χ1v) is 12.2. The minimum Gasteiger partial charge on any atom is -0.490 e. The van der Waals surface area contributed by atoms with Crippen LogP contribution in [0.2, 0.25) is 0 Å². The van der Waals surface area contributed by atoms with Gasteiger partial charge in [0, 0.05) is 23.5 Å². The van der Waals surface area contributed by atoms with Gasteiger partial charge in [-0.2, -0.15) is 0 Å². The first-order valence-electron chi connectivity index (χ1n) is 10.7. The second-order valence-electron chi connectivity index (χ2n) is 8.21. The van der Waals surface area contributed by atoms with Gasteiger partial charge in [-0.1, -0.05) is 6.07 Å². The van der Waals surface area contributed by atoms with Crippen molar-refractivity contribution in [3.8, 4) is 5.75 Å². The molecular weight excluding hydrogens is 414 g/mol. The van der Waals surface area contributed by atoms with Gasteiger partial charge in [0.25, 0.3) is 0 Å². The van der Waals surface area contributed by atoms with E-state index in [9.17, 15) is 13.2 Å². The van der Waals surface area contributed by atoms with Gasteiger partial charge in [-0.15, -0.1) is 0 Å². The molecule has 1 aliphatic carbocycles. The standard InChI is InChI=1S/C23H31N3O4S/c1-16(2)26-31(28,29)22-13-11-18(12-14-22)25-23(27)17(3)24-19-7-6-10-21(15-19)30-20-8-4-5-9-20/h6-7,10-17,20,24,26H,4-5,8-9H2,1-3H3,(H,25,27). The molecule has 0 heterocycles. The van der Waals surface area contributed by atoms with Crippen LogP contribution in [0.5, 0.6) is 5.75 Å². The highest BCUT2D eigenvalue weighted by atomic mass is 32.2. The fourth-order valence-corrected chi connectivity index (χ4v) is 4.77. The predicted octanol–water partition coefficient (Wildman–Crippen LogP) is 4.13. The normalized spacial score (nSPS) is 15.6. The molecule has 2 aromatic carbocycles. The highest BCUT2D eigenvalue weighted by Crippen LogP contribution is 2.26. The van der Waals surface area contributed by atoms with Crippen LogP contribution in [0.4, 0.5) is 11.4 Å². The summed E-state index contributed by atoms with van der Waals surface area (Å²) >= 11 is 0. The Balaban J connectivity index is 1.57. The van der Waals surface area contributed by atoms with E-state index >= 15 is 0 Å². The van der Waals surface area contributed by atoms with Gasteiger partial charge in [0.2, 0.25) is 15.9 Å². The van der Waals surface area contributed by atoms with E-state index in [1.165, 1.54) is 25.0 Å². The lowest BCUT2D eigenvalue weighted by atomic mass is 10.2. The Morgan fingerprint density at radius 1 is 1.00 bits per heavy atom. The van der Waals surface area contributed by atoms with E-state index in [0.29, 0.717) is 5.69 Å². The van der Waals surface area contributed by atoms with Gasteiger partial charge in [0.1, 0.15) is 11.8 Å². The van der Waals surface area contributed by atoms with Crippen molar-refractivity contribution in [3.05, 3.63) is 48.5 Å². The number of amides is 1. The van der Waals surface area contributed by atoms with Crippen LogP contribution >= 0.6 is 0 Å². The van der Waals surface area contributed by atoms with Gasteiger partial charge in [-0.3, -0.25) is 4.79 Å².